The summed E-state index contributed by atoms with van der Waals surface area (Å²) in [7, 11) is 0. The standard InChI is InChI=1S/C28H27ClFN3O4S/c1-2-35-27(34)17-8-9-22-23(14-17)38-28(31-22)33-12-10-18(11-13-33)36-15-19-25(32-37-26(19)16-6-7-16)24-20(29)4-3-5-21(24)30/h3-5,8-9,14,16,18H,2,6-7,10-13,15H2,1H3. The lowest BCUT2D eigenvalue weighted by atomic mass is 10.0. The Balaban J connectivity index is 1.12. The van der Waals surface area contributed by atoms with Crippen LogP contribution in [-0.2, 0) is 16.1 Å². The van der Waals surface area contributed by atoms with Crippen LogP contribution < -0.4 is 4.90 Å². The number of rotatable bonds is 8. The van der Waals surface area contributed by atoms with Crippen LogP contribution in [0.25, 0.3) is 21.5 Å². The summed E-state index contributed by atoms with van der Waals surface area (Å²) < 4.78 is 32.8. The molecule has 1 aliphatic heterocycles. The molecule has 0 atom stereocenters. The predicted octanol–water partition coefficient (Wildman–Crippen LogP) is 6.98. The molecule has 2 aromatic heterocycles. The number of fused-ring (bicyclic) bond motifs is 1. The quantitative estimate of drug-likeness (QED) is 0.217. The van der Waals surface area contributed by atoms with Gasteiger partial charge in [0.2, 0.25) is 0 Å². The minimum atomic E-state index is -0.423. The Kier molecular flexibility index (Phi) is 7.07. The number of esters is 1. The van der Waals surface area contributed by atoms with Crippen LogP contribution in [0.1, 0.15) is 60.2 Å². The van der Waals surface area contributed by atoms with Gasteiger partial charge >= 0.3 is 5.97 Å². The molecule has 7 nitrogen and oxygen atoms in total. The third-order valence-corrected chi connectivity index (χ3v) is 8.42. The number of carbonyl (C=O) groups excluding carboxylic acids is 1. The fourth-order valence-electron chi connectivity index (χ4n) is 4.85. The summed E-state index contributed by atoms with van der Waals surface area (Å²) in [6.45, 7) is 4.06. The molecule has 198 valence electrons. The zero-order valence-corrected chi connectivity index (χ0v) is 22.5. The van der Waals surface area contributed by atoms with Crippen molar-refractivity contribution in [1.82, 2.24) is 10.1 Å². The van der Waals surface area contributed by atoms with Crippen molar-refractivity contribution in [3.8, 4) is 11.3 Å². The average molecular weight is 556 g/mol. The van der Waals surface area contributed by atoms with Gasteiger partial charge in [-0.25, -0.2) is 14.2 Å². The van der Waals surface area contributed by atoms with Crippen LogP contribution in [0.5, 0.6) is 0 Å². The maximum atomic E-state index is 14.7. The molecule has 0 N–H and O–H groups in total. The lowest BCUT2D eigenvalue weighted by Crippen LogP contribution is -2.37. The second-order valence-electron chi connectivity index (χ2n) is 9.64. The molecule has 1 saturated heterocycles. The maximum Gasteiger partial charge on any atom is 0.338 e. The summed E-state index contributed by atoms with van der Waals surface area (Å²) in [4.78, 5) is 19.1. The molecular weight excluding hydrogens is 529 g/mol. The lowest BCUT2D eigenvalue weighted by molar-refractivity contribution is 0.0246. The SMILES string of the molecule is CCOC(=O)c1ccc2nc(N3CCC(OCc4c(-c5c(F)cccc5Cl)noc4C4CC4)CC3)sc2c1. The van der Waals surface area contributed by atoms with Crippen LogP contribution in [0.4, 0.5) is 9.52 Å². The Bertz CT molecular complexity index is 1460. The third kappa shape index (κ3) is 5.02. The number of hydrogen-bond acceptors (Lipinski definition) is 8. The third-order valence-electron chi connectivity index (χ3n) is 7.03. The number of halogens is 2. The van der Waals surface area contributed by atoms with Crippen molar-refractivity contribution in [1.29, 1.82) is 0 Å². The van der Waals surface area contributed by atoms with Gasteiger partial charge in [0.25, 0.3) is 0 Å². The molecule has 2 aromatic carbocycles. The van der Waals surface area contributed by atoms with Gasteiger partial charge in [0.1, 0.15) is 17.3 Å². The Morgan fingerprint density at radius 1 is 1.21 bits per heavy atom. The Morgan fingerprint density at radius 2 is 2.03 bits per heavy atom. The second-order valence-corrected chi connectivity index (χ2v) is 11.1. The highest BCUT2D eigenvalue weighted by molar-refractivity contribution is 7.22. The van der Waals surface area contributed by atoms with Crippen molar-refractivity contribution < 1.29 is 23.2 Å². The first-order valence-electron chi connectivity index (χ1n) is 12.9. The summed E-state index contributed by atoms with van der Waals surface area (Å²) in [5.41, 5.74) is 2.91. The van der Waals surface area contributed by atoms with Crippen molar-refractivity contribution in [3.63, 3.8) is 0 Å². The van der Waals surface area contributed by atoms with Crippen LogP contribution >= 0.6 is 22.9 Å². The number of nitrogens with zero attached hydrogens (tertiary/aromatic N) is 3. The molecule has 0 spiro atoms. The summed E-state index contributed by atoms with van der Waals surface area (Å²) in [5.74, 6) is 0.354. The molecule has 10 heteroatoms. The van der Waals surface area contributed by atoms with Crippen molar-refractivity contribution in [2.75, 3.05) is 24.6 Å². The first kappa shape index (κ1) is 25.3. The highest BCUT2D eigenvalue weighted by atomic mass is 35.5. The number of hydrogen-bond donors (Lipinski definition) is 0. The molecule has 0 radical (unpaired) electrons. The van der Waals surface area contributed by atoms with E-state index >= 15 is 0 Å². The topological polar surface area (TPSA) is 77.7 Å². The van der Waals surface area contributed by atoms with Gasteiger partial charge in [-0.3, -0.25) is 0 Å². The molecular formula is C28H27ClFN3O4S. The van der Waals surface area contributed by atoms with Crippen LogP contribution in [-0.4, -0.2) is 41.9 Å². The zero-order valence-electron chi connectivity index (χ0n) is 20.9. The van der Waals surface area contributed by atoms with Gasteiger partial charge in [-0.2, -0.15) is 0 Å². The smallest absolute Gasteiger partial charge is 0.338 e. The van der Waals surface area contributed by atoms with Crippen LogP contribution in [0.15, 0.2) is 40.9 Å². The van der Waals surface area contributed by atoms with Crippen LogP contribution in [0.3, 0.4) is 0 Å². The van der Waals surface area contributed by atoms with Crippen molar-refractivity contribution >= 4 is 44.3 Å². The number of benzene rings is 2. The predicted molar refractivity (Wildman–Crippen MR) is 144 cm³/mol. The molecule has 1 aliphatic carbocycles. The van der Waals surface area contributed by atoms with E-state index in [1.54, 1.807) is 36.5 Å². The van der Waals surface area contributed by atoms with E-state index in [1.807, 2.05) is 12.1 Å². The Hall–Kier alpha value is -3.01. The molecule has 2 aliphatic rings. The van der Waals surface area contributed by atoms with E-state index < -0.39 is 5.82 Å². The fraction of sp³-hybridized carbons (Fsp3) is 0.393. The highest BCUT2D eigenvalue weighted by Crippen LogP contribution is 2.45. The number of carbonyl (C=O) groups is 1. The van der Waals surface area contributed by atoms with Crippen LogP contribution in [0, 0.1) is 5.82 Å². The van der Waals surface area contributed by atoms with Gasteiger partial charge in [-0.15, -0.1) is 0 Å². The fourth-order valence-corrected chi connectivity index (χ4v) is 6.16. The summed E-state index contributed by atoms with van der Waals surface area (Å²) >= 11 is 7.91. The van der Waals surface area contributed by atoms with E-state index in [0.29, 0.717) is 35.4 Å². The highest BCUT2D eigenvalue weighted by Gasteiger charge is 2.34. The van der Waals surface area contributed by atoms with Gasteiger partial charge in [-0.1, -0.05) is 34.2 Å². The van der Waals surface area contributed by atoms with Gasteiger partial charge in [0, 0.05) is 24.6 Å². The summed E-state index contributed by atoms with van der Waals surface area (Å²) in [6.07, 6.45) is 3.80. The monoisotopic (exact) mass is 555 g/mol. The van der Waals surface area contributed by atoms with Crippen LogP contribution in [0.2, 0.25) is 5.02 Å². The number of piperidine rings is 1. The minimum Gasteiger partial charge on any atom is -0.462 e. The van der Waals surface area contributed by atoms with E-state index in [4.69, 9.17) is 30.6 Å². The molecule has 2 fully saturated rings. The maximum absolute atomic E-state index is 14.7. The molecule has 38 heavy (non-hydrogen) atoms. The average Bonchev–Trinajstić information content (AvgIpc) is 3.54. The molecule has 3 heterocycles. The molecule has 0 unspecified atom stereocenters. The van der Waals surface area contributed by atoms with E-state index in [2.05, 4.69) is 10.1 Å². The van der Waals surface area contributed by atoms with E-state index in [1.165, 1.54) is 6.07 Å². The van der Waals surface area contributed by atoms with Crippen molar-refractivity contribution in [2.45, 2.75) is 51.2 Å². The van der Waals surface area contributed by atoms with Crippen molar-refractivity contribution in [2.24, 2.45) is 0 Å². The molecule has 0 amide bonds. The van der Waals surface area contributed by atoms with Gasteiger partial charge in [0.15, 0.2) is 5.13 Å². The number of aromatic nitrogens is 2. The summed E-state index contributed by atoms with van der Waals surface area (Å²) in [5, 5.41) is 5.45. The van der Waals surface area contributed by atoms with E-state index in [0.717, 1.165) is 65.4 Å². The van der Waals surface area contributed by atoms with Gasteiger partial charge in [-0.05, 0) is 62.9 Å². The lowest BCUT2D eigenvalue weighted by Gasteiger charge is -2.31. The molecule has 0 bridgehead atoms. The number of ether oxygens (including phenoxy) is 2. The van der Waals surface area contributed by atoms with Crippen molar-refractivity contribution in [3.05, 3.63) is 64.1 Å². The Morgan fingerprint density at radius 3 is 2.76 bits per heavy atom. The summed E-state index contributed by atoms with van der Waals surface area (Å²) in [6, 6.07) is 10.1. The molecule has 6 rings (SSSR count). The Labute approximate surface area is 228 Å². The van der Waals surface area contributed by atoms with E-state index in [9.17, 15) is 9.18 Å². The normalized spacial score (nSPS) is 16.3. The second kappa shape index (κ2) is 10.6. The largest absolute Gasteiger partial charge is 0.462 e. The zero-order chi connectivity index (χ0) is 26.2. The minimum absolute atomic E-state index is 0.0574. The van der Waals surface area contributed by atoms with Gasteiger partial charge < -0.3 is 18.9 Å². The number of thiazole rings is 1. The van der Waals surface area contributed by atoms with E-state index in [-0.39, 0.29) is 17.6 Å². The molecule has 4 aromatic rings. The van der Waals surface area contributed by atoms with Gasteiger partial charge in [0.05, 0.1) is 45.7 Å². The first-order valence-corrected chi connectivity index (χ1v) is 14.1. The number of anilines is 1. The first-order chi connectivity index (χ1) is 18.5. The molecule has 1 saturated carbocycles.